The average molecular weight is 357 g/mol. The van der Waals surface area contributed by atoms with Crippen molar-refractivity contribution < 1.29 is 23.1 Å². The van der Waals surface area contributed by atoms with E-state index in [-0.39, 0.29) is 6.16 Å². The Morgan fingerprint density at radius 3 is 2.00 bits per heavy atom. The van der Waals surface area contributed by atoms with E-state index in [1.165, 1.54) is 4.90 Å². The maximum atomic E-state index is 12.5. The van der Waals surface area contributed by atoms with Crippen LogP contribution in [-0.2, 0) is 24.5 Å². The maximum absolute atomic E-state index is 12.5. The Hall–Kier alpha value is -1.36. The summed E-state index contributed by atoms with van der Waals surface area (Å²) in [5.41, 5.74) is 0.963. The van der Waals surface area contributed by atoms with Crippen molar-refractivity contribution in [2.75, 3.05) is 25.2 Å². The molecule has 0 fully saturated rings. The lowest BCUT2D eigenvalue weighted by Gasteiger charge is -2.25. The molecule has 0 radical (unpaired) electrons. The van der Waals surface area contributed by atoms with Gasteiger partial charge in [0.15, 0.2) is 0 Å². The molecule has 0 atom stereocenters. The molecular formula is C17H28NO5P. The third kappa shape index (κ3) is 6.63. The summed E-state index contributed by atoms with van der Waals surface area (Å²) in [5.74, 6) is 0. The molecule has 1 amide bonds. The van der Waals surface area contributed by atoms with Crippen molar-refractivity contribution in [3.05, 3.63) is 29.8 Å². The summed E-state index contributed by atoms with van der Waals surface area (Å²) in [6.07, 6.45) is -0.227. The number of amides is 1. The molecule has 0 spiro atoms. The molecule has 24 heavy (non-hydrogen) atoms. The second kappa shape index (κ2) is 8.65. The Morgan fingerprint density at radius 1 is 1.08 bits per heavy atom. The van der Waals surface area contributed by atoms with Crippen molar-refractivity contribution in [1.82, 2.24) is 0 Å². The smallest absolute Gasteiger partial charge is 0.414 e. The van der Waals surface area contributed by atoms with Crippen LogP contribution in [0, 0.1) is 0 Å². The molecule has 0 unspecified atom stereocenters. The van der Waals surface area contributed by atoms with Gasteiger partial charge in [-0.05, 0) is 52.3 Å². The number of hydrogen-bond donors (Lipinski definition) is 0. The number of carbonyl (C=O) groups is 1. The lowest BCUT2D eigenvalue weighted by molar-refractivity contribution is 0.0589. The molecule has 1 aromatic rings. The number of hydrogen-bond acceptors (Lipinski definition) is 5. The highest BCUT2D eigenvalue weighted by Gasteiger charge is 2.24. The van der Waals surface area contributed by atoms with Gasteiger partial charge in [-0.15, -0.1) is 0 Å². The molecule has 0 heterocycles. The van der Waals surface area contributed by atoms with Gasteiger partial charge < -0.3 is 13.8 Å². The van der Waals surface area contributed by atoms with Gasteiger partial charge in [0.1, 0.15) is 5.60 Å². The number of nitrogens with zero attached hydrogens (tertiary/aromatic N) is 1. The van der Waals surface area contributed by atoms with Gasteiger partial charge >= 0.3 is 13.7 Å². The van der Waals surface area contributed by atoms with Crippen LogP contribution in [0.5, 0.6) is 0 Å². The molecule has 1 aromatic carbocycles. The molecule has 136 valence electrons. The van der Waals surface area contributed by atoms with Crippen LogP contribution in [0.1, 0.15) is 40.2 Å². The number of benzene rings is 1. The maximum Gasteiger partial charge on any atom is 0.414 e. The van der Waals surface area contributed by atoms with Crippen molar-refractivity contribution >= 4 is 19.4 Å². The summed E-state index contributed by atoms with van der Waals surface area (Å²) >= 11 is 0. The SMILES string of the molecule is CCOP(=O)(Cc1ccc(N(C)C(=O)OC(C)(C)C)cc1)OCC. The van der Waals surface area contributed by atoms with Crippen molar-refractivity contribution in [3.8, 4) is 0 Å². The Kier molecular flexibility index (Phi) is 7.46. The second-order valence-electron chi connectivity index (χ2n) is 6.31. The Morgan fingerprint density at radius 2 is 1.58 bits per heavy atom. The van der Waals surface area contributed by atoms with Gasteiger partial charge in [0, 0.05) is 12.7 Å². The number of anilines is 1. The number of ether oxygens (including phenoxy) is 1. The van der Waals surface area contributed by atoms with Gasteiger partial charge in [0.25, 0.3) is 0 Å². The van der Waals surface area contributed by atoms with Crippen molar-refractivity contribution in [2.24, 2.45) is 0 Å². The highest BCUT2D eigenvalue weighted by molar-refractivity contribution is 7.53. The van der Waals surface area contributed by atoms with Gasteiger partial charge in [0.2, 0.25) is 0 Å². The van der Waals surface area contributed by atoms with Crippen molar-refractivity contribution in [1.29, 1.82) is 0 Å². The van der Waals surface area contributed by atoms with Crippen LogP contribution in [0.15, 0.2) is 24.3 Å². The summed E-state index contributed by atoms with van der Waals surface area (Å²) in [6.45, 7) is 9.69. The third-order valence-corrected chi connectivity index (χ3v) is 5.07. The van der Waals surface area contributed by atoms with Gasteiger partial charge in [-0.25, -0.2) is 4.79 Å². The fourth-order valence-electron chi connectivity index (χ4n) is 2.01. The van der Waals surface area contributed by atoms with Gasteiger partial charge in [0.05, 0.1) is 19.4 Å². The average Bonchev–Trinajstić information content (AvgIpc) is 2.45. The van der Waals surface area contributed by atoms with Crippen LogP contribution in [-0.4, -0.2) is 32.0 Å². The Balaban J connectivity index is 2.81. The summed E-state index contributed by atoms with van der Waals surface area (Å²) in [7, 11) is -1.49. The second-order valence-corrected chi connectivity index (χ2v) is 8.36. The monoisotopic (exact) mass is 357 g/mol. The first kappa shape index (κ1) is 20.7. The molecule has 0 aliphatic rings. The van der Waals surface area contributed by atoms with E-state index in [9.17, 15) is 9.36 Å². The van der Waals surface area contributed by atoms with Crippen molar-refractivity contribution in [3.63, 3.8) is 0 Å². The van der Waals surface area contributed by atoms with E-state index in [1.54, 1.807) is 45.2 Å². The van der Waals surface area contributed by atoms with E-state index in [0.29, 0.717) is 18.9 Å². The summed E-state index contributed by atoms with van der Waals surface area (Å²) in [4.78, 5) is 13.5. The molecule has 0 aliphatic heterocycles. The number of carbonyl (C=O) groups excluding carboxylic acids is 1. The minimum absolute atomic E-state index is 0.200. The largest absolute Gasteiger partial charge is 0.443 e. The fourth-order valence-corrected chi connectivity index (χ4v) is 3.71. The van der Waals surface area contributed by atoms with Crippen LogP contribution in [0.2, 0.25) is 0 Å². The topological polar surface area (TPSA) is 65.1 Å². The molecule has 0 bridgehead atoms. The minimum atomic E-state index is -3.13. The minimum Gasteiger partial charge on any atom is -0.443 e. The van der Waals surface area contributed by atoms with E-state index in [0.717, 1.165) is 5.56 Å². The first-order valence-electron chi connectivity index (χ1n) is 8.04. The predicted octanol–water partition coefficient (Wildman–Crippen LogP) is 4.82. The van der Waals surface area contributed by atoms with Gasteiger partial charge in [-0.1, -0.05) is 12.1 Å². The van der Waals surface area contributed by atoms with Crippen LogP contribution in [0.25, 0.3) is 0 Å². The first-order chi connectivity index (χ1) is 11.1. The van der Waals surface area contributed by atoms with Gasteiger partial charge in [-0.2, -0.15) is 0 Å². The fraction of sp³-hybridized carbons (Fsp3) is 0.588. The van der Waals surface area contributed by atoms with Crippen LogP contribution in [0.4, 0.5) is 10.5 Å². The zero-order valence-corrected chi connectivity index (χ0v) is 16.3. The normalized spacial score (nSPS) is 12.1. The molecular weight excluding hydrogens is 329 g/mol. The quantitative estimate of drug-likeness (QED) is 0.654. The van der Waals surface area contributed by atoms with E-state index in [2.05, 4.69) is 0 Å². The summed E-state index contributed by atoms with van der Waals surface area (Å²) < 4.78 is 28.5. The molecule has 0 saturated heterocycles. The molecule has 0 saturated carbocycles. The molecule has 6 nitrogen and oxygen atoms in total. The van der Waals surface area contributed by atoms with Crippen LogP contribution in [0.3, 0.4) is 0 Å². The number of rotatable bonds is 7. The van der Waals surface area contributed by atoms with E-state index in [4.69, 9.17) is 13.8 Å². The molecule has 1 rings (SSSR count). The summed E-state index contributed by atoms with van der Waals surface area (Å²) in [5, 5.41) is 0. The van der Waals surface area contributed by atoms with E-state index >= 15 is 0 Å². The van der Waals surface area contributed by atoms with Crippen LogP contribution < -0.4 is 4.90 Å². The van der Waals surface area contributed by atoms with E-state index < -0.39 is 19.3 Å². The zero-order valence-electron chi connectivity index (χ0n) is 15.4. The molecule has 0 aliphatic carbocycles. The first-order valence-corrected chi connectivity index (χ1v) is 9.77. The van der Waals surface area contributed by atoms with Crippen LogP contribution >= 0.6 is 7.60 Å². The molecule has 7 heteroatoms. The zero-order chi connectivity index (χ0) is 18.4. The predicted molar refractivity (Wildman–Crippen MR) is 95.6 cm³/mol. The third-order valence-electron chi connectivity index (χ3n) is 3.02. The van der Waals surface area contributed by atoms with Gasteiger partial charge in [-0.3, -0.25) is 9.46 Å². The Labute approximate surface area is 144 Å². The molecule has 0 aromatic heterocycles. The van der Waals surface area contributed by atoms with Crippen molar-refractivity contribution in [2.45, 2.75) is 46.4 Å². The lowest BCUT2D eigenvalue weighted by Crippen LogP contribution is -2.34. The Bertz CT molecular complexity index is 570. The highest BCUT2D eigenvalue weighted by atomic mass is 31.2. The highest BCUT2D eigenvalue weighted by Crippen LogP contribution is 2.51. The van der Waals surface area contributed by atoms with E-state index in [1.807, 2.05) is 20.8 Å². The molecule has 0 N–H and O–H groups in total. The summed E-state index contributed by atoms with van der Waals surface area (Å²) in [6, 6.07) is 7.17. The standard InChI is InChI=1S/C17H28NO5P/c1-7-21-24(20,22-8-2)13-14-9-11-15(12-10-14)18(6)16(19)23-17(3,4)5/h9-12H,7-8,13H2,1-6H3. The lowest BCUT2D eigenvalue weighted by atomic mass is 10.2.